The number of aromatic nitrogens is 1. The number of anilines is 1. The van der Waals surface area contributed by atoms with Crippen LogP contribution < -0.4 is 15.2 Å². The number of hydrogen-bond acceptors (Lipinski definition) is 4. The second kappa shape index (κ2) is 4.96. The highest BCUT2D eigenvalue weighted by Gasteiger charge is 2.10. The van der Waals surface area contributed by atoms with E-state index in [1.54, 1.807) is 20.4 Å². The molecular formula is C14H16N2O2. The molecule has 0 aliphatic heterocycles. The Morgan fingerprint density at radius 3 is 2.44 bits per heavy atom. The van der Waals surface area contributed by atoms with Crippen molar-refractivity contribution in [3.05, 3.63) is 36.0 Å². The first-order chi connectivity index (χ1) is 8.67. The van der Waals surface area contributed by atoms with Crippen LogP contribution in [0.5, 0.6) is 11.5 Å². The highest BCUT2D eigenvalue weighted by molar-refractivity contribution is 5.76. The predicted octanol–water partition coefficient (Wildman–Crippen LogP) is 2.66. The molecule has 2 rings (SSSR count). The van der Waals surface area contributed by atoms with Crippen LogP contribution >= 0.6 is 0 Å². The van der Waals surface area contributed by atoms with E-state index < -0.39 is 0 Å². The maximum atomic E-state index is 6.04. The lowest BCUT2D eigenvalue weighted by Crippen LogP contribution is -1.97. The summed E-state index contributed by atoms with van der Waals surface area (Å²) in [5.74, 6) is 1.35. The second-order valence-electron chi connectivity index (χ2n) is 3.96. The molecule has 4 nitrogen and oxygen atoms in total. The van der Waals surface area contributed by atoms with Crippen LogP contribution in [0.15, 0.2) is 30.5 Å². The smallest absolute Gasteiger partial charge is 0.161 e. The van der Waals surface area contributed by atoms with E-state index in [-0.39, 0.29) is 0 Å². The number of nitrogens with zero attached hydrogens (tertiary/aromatic N) is 1. The Balaban J connectivity index is 2.54. The lowest BCUT2D eigenvalue weighted by molar-refractivity contribution is 0.355. The SMILES string of the molecule is COc1ccc(-c2nccc(C)c2N)cc1OC. The summed E-state index contributed by atoms with van der Waals surface area (Å²) in [5, 5.41) is 0. The maximum Gasteiger partial charge on any atom is 0.161 e. The lowest BCUT2D eigenvalue weighted by atomic mass is 10.1. The number of methoxy groups -OCH3 is 2. The third-order valence-corrected chi connectivity index (χ3v) is 2.87. The van der Waals surface area contributed by atoms with Gasteiger partial charge in [-0.2, -0.15) is 0 Å². The Morgan fingerprint density at radius 1 is 1.06 bits per heavy atom. The van der Waals surface area contributed by atoms with E-state index in [0.717, 1.165) is 16.8 Å². The molecule has 0 bridgehead atoms. The fraction of sp³-hybridized carbons (Fsp3) is 0.214. The average molecular weight is 244 g/mol. The van der Waals surface area contributed by atoms with Crippen LogP contribution in [0, 0.1) is 6.92 Å². The maximum absolute atomic E-state index is 6.04. The molecule has 1 aromatic heterocycles. The standard InChI is InChI=1S/C14H16N2O2/c1-9-6-7-16-14(13(9)15)10-4-5-11(17-2)12(8-10)18-3/h4-8H,15H2,1-3H3. The monoisotopic (exact) mass is 244 g/mol. The molecule has 0 amide bonds. The Kier molecular flexibility index (Phi) is 3.37. The van der Waals surface area contributed by atoms with Crippen molar-refractivity contribution in [1.82, 2.24) is 4.98 Å². The Labute approximate surface area is 106 Å². The second-order valence-corrected chi connectivity index (χ2v) is 3.96. The zero-order valence-corrected chi connectivity index (χ0v) is 10.7. The third-order valence-electron chi connectivity index (χ3n) is 2.87. The molecule has 4 heteroatoms. The van der Waals surface area contributed by atoms with Gasteiger partial charge in [-0.1, -0.05) is 0 Å². The molecule has 0 spiro atoms. The van der Waals surface area contributed by atoms with Gasteiger partial charge in [0.1, 0.15) is 0 Å². The first-order valence-corrected chi connectivity index (χ1v) is 5.61. The van der Waals surface area contributed by atoms with Crippen molar-refractivity contribution in [1.29, 1.82) is 0 Å². The topological polar surface area (TPSA) is 57.4 Å². The molecule has 0 saturated carbocycles. The molecule has 1 heterocycles. The fourth-order valence-corrected chi connectivity index (χ4v) is 1.78. The van der Waals surface area contributed by atoms with Gasteiger partial charge in [0.05, 0.1) is 25.6 Å². The molecule has 0 fully saturated rings. The number of pyridine rings is 1. The van der Waals surface area contributed by atoms with Gasteiger partial charge < -0.3 is 15.2 Å². The van der Waals surface area contributed by atoms with Crippen molar-refractivity contribution in [2.45, 2.75) is 6.92 Å². The van der Waals surface area contributed by atoms with Gasteiger partial charge in [0.15, 0.2) is 11.5 Å². The van der Waals surface area contributed by atoms with E-state index >= 15 is 0 Å². The third kappa shape index (κ3) is 2.09. The molecule has 2 aromatic rings. The van der Waals surface area contributed by atoms with Crippen LogP contribution in [0.2, 0.25) is 0 Å². The van der Waals surface area contributed by atoms with Crippen molar-refractivity contribution >= 4 is 5.69 Å². The fourth-order valence-electron chi connectivity index (χ4n) is 1.78. The molecule has 0 atom stereocenters. The average Bonchev–Trinajstić information content (AvgIpc) is 2.41. The number of nitrogen functional groups attached to an aromatic ring is 1. The molecule has 94 valence electrons. The highest BCUT2D eigenvalue weighted by atomic mass is 16.5. The van der Waals surface area contributed by atoms with Crippen LogP contribution in [-0.4, -0.2) is 19.2 Å². The summed E-state index contributed by atoms with van der Waals surface area (Å²) in [6.07, 6.45) is 1.75. The van der Waals surface area contributed by atoms with Crippen molar-refractivity contribution in [2.24, 2.45) is 0 Å². The van der Waals surface area contributed by atoms with Gasteiger partial charge in [-0.25, -0.2) is 0 Å². The summed E-state index contributed by atoms with van der Waals surface area (Å²) < 4.78 is 10.5. The molecular weight excluding hydrogens is 228 g/mol. The number of ether oxygens (including phenoxy) is 2. The van der Waals surface area contributed by atoms with E-state index in [1.807, 2.05) is 31.2 Å². The molecule has 0 saturated heterocycles. The minimum atomic E-state index is 0.665. The van der Waals surface area contributed by atoms with Crippen molar-refractivity contribution < 1.29 is 9.47 Å². The molecule has 2 N–H and O–H groups in total. The Bertz CT molecular complexity index is 568. The van der Waals surface area contributed by atoms with Gasteiger partial charge in [-0.15, -0.1) is 0 Å². The molecule has 0 aliphatic carbocycles. The van der Waals surface area contributed by atoms with E-state index in [9.17, 15) is 0 Å². The van der Waals surface area contributed by atoms with E-state index in [4.69, 9.17) is 15.2 Å². The minimum Gasteiger partial charge on any atom is -0.493 e. The van der Waals surface area contributed by atoms with Crippen molar-refractivity contribution in [2.75, 3.05) is 20.0 Å². The summed E-state index contributed by atoms with van der Waals surface area (Å²) in [6, 6.07) is 7.52. The normalized spacial score (nSPS) is 10.2. The van der Waals surface area contributed by atoms with Crippen LogP contribution in [0.25, 0.3) is 11.3 Å². The van der Waals surface area contributed by atoms with Crippen LogP contribution in [-0.2, 0) is 0 Å². The summed E-state index contributed by atoms with van der Waals surface area (Å²) in [6.45, 7) is 1.96. The van der Waals surface area contributed by atoms with E-state index in [1.165, 1.54) is 0 Å². The van der Waals surface area contributed by atoms with Crippen LogP contribution in [0.4, 0.5) is 5.69 Å². The molecule has 0 radical (unpaired) electrons. The zero-order chi connectivity index (χ0) is 13.1. The number of hydrogen-bond donors (Lipinski definition) is 1. The number of aryl methyl sites for hydroxylation is 1. The van der Waals surface area contributed by atoms with Crippen LogP contribution in [0.3, 0.4) is 0 Å². The Morgan fingerprint density at radius 2 is 1.78 bits per heavy atom. The highest BCUT2D eigenvalue weighted by Crippen LogP contribution is 2.34. The van der Waals surface area contributed by atoms with Gasteiger partial charge in [0.2, 0.25) is 0 Å². The zero-order valence-electron chi connectivity index (χ0n) is 10.7. The Hall–Kier alpha value is -2.23. The minimum absolute atomic E-state index is 0.665. The summed E-state index contributed by atoms with van der Waals surface area (Å²) in [5.41, 5.74) is 9.41. The molecule has 0 unspecified atom stereocenters. The summed E-state index contributed by atoms with van der Waals surface area (Å²) in [4.78, 5) is 4.32. The van der Waals surface area contributed by atoms with Gasteiger partial charge in [0, 0.05) is 11.8 Å². The molecule has 0 aliphatic rings. The molecule has 1 aromatic carbocycles. The van der Waals surface area contributed by atoms with Crippen molar-refractivity contribution in [3.8, 4) is 22.8 Å². The molecule has 18 heavy (non-hydrogen) atoms. The van der Waals surface area contributed by atoms with Crippen LogP contribution in [0.1, 0.15) is 5.56 Å². The summed E-state index contributed by atoms with van der Waals surface area (Å²) >= 11 is 0. The lowest BCUT2D eigenvalue weighted by Gasteiger charge is -2.11. The quantitative estimate of drug-likeness (QED) is 0.901. The number of rotatable bonds is 3. The first kappa shape index (κ1) is 12.2. The number of nitrogens with two attached hydrogens (primary N) is 1. The first-order valence-electron chi connectivity index (χ1n) is 5.61. The van der Waals surface area contributed by atoms with Gasteiger partial charge in [-0.05, 0) is 36.8 Å². The number of benzene rings is 1. The van der Waals surface area contributed by atoms with Gasteiger partial charge >= 0.3 is 0 Å². The summed E-state index contributed by atoms with van der Waals surface area (Å²) in [7, 11) is 3.21. The largest absolute Gasteiger partial charge is 0.493 e. The van der Waals surface area contributed by atoms with E-state index in [0.29, 0.717) is 17.2 Å². The predicted molar refractivity (Wildman–Crippen MR) is 71.9 cm³/mol. The van der Waals surface area contributed by atoms with Gasteiger partial charge in [-0.3, -0.25) is 4.98 Å². The van der Waals surface area contributed by atoms with Crippen molar-refractivity contribution in [3.63, 3.8) is 0 Å². The van der Waals surface area contributed by atoms with E-state index in [2.05, 4.69) is 4.98 Å². The van der Waals surface area contributed by atoms with Gasteiger partial charge in [0.25, 0.3) is 0 Å².